The molecule has 0 saturated heterocycles. The molecule has 88 valence electrons. The molecule has 0 spiro atoms. The van der Waals surface area contributed by atoms with Crippen molar-refractivity contribution < 1.29 is 0 Å². The first-order valence-electron chi connectivity index (χ1n) is 5.89. The fraction of sp³-hybridized carbons (Fsp3) is 0.692. The molecule has 1 aliphatic rings. The van der Waals surface area contributed by atoms with Gasteiger partial charge in [0.05, 0.1) is 5.69 Å². The molecule has 0 amide bonds. The van der Waals surface area contributed by atoms with Crippen LogP contribution in [-0.4, -0.2) is 16.5 Å². The summed E-state index contributed by atoms with van der Waals surface area (Å²) < 4.78 is 0. The van der Waals surface area contributed by atoms with Gasteiger partial charge in [0.15, 0.2) is 0 Å². The maximum atomic E-state index is 4.30. The first-order chi connectivity index (χ1) is 7.37. The summed E-state index contributed by atoms with van der Waals surface area (Å²) in [5, 5.41) is 3.41. The number of nitrogens with zero attached hydrogens (tertiary/aromatic N) is 2. The molecule has 1 aromatic heterocycles. The van der Waals surface area contributed by atoms with Crippen LogP contribution in [0, 0.1) is 23.7 Å². The van der Waals surface area contributed by atoms with E-state index in [1.54, 1.807) is 12.4 Å². The van der Waals surface area contributed by atoms with Gasteiger partial charge < -0.3 is 5.32 Å². The number of anilines is 1. The van der Waals surface area contributed by atoms with E-state index < -0.39 is 0 Å². The summed E-state index contributed by atoms with van der Waals surface area (Å²) in [6.45, 7) is 12.3. The van der Waals surface area contributed by atoms with Crippen molar-refractivity contribution in [2.75, 3.05) is 11.9 Å². The summed E-state index contributed by atoms with van der Waals surface area (Å²) in [6, 6.07) is 0. The molecule has 0 bridgehead atoms. The monoisotopic (exact) mass is 219 g/mol. The van der Waals surface area contributed by atoms with Gasteiger partial charge in [-0.05, 0) is 23.7 Å². The Bertz CT molecular complexity index is 382. The SMILES string of the molecule is Cc1nccnc1NCC1C(C)(C)C1(C)C. The minimum Gasteiger partial charge on any atom is -0.368 e. The van der Waals surface area contributed by atoms with Crippen LogP contribution in [0.3, 0.4) is 0 Å². The zero-order valence-electron chi connectivity index (χ0n) is 10.8. The lowest BCUT2D eigenvalue weighted by Crippen LogP contribution is -2.10. The highest BCUT2D eigenvalue weighted by Gasteiger charge is 2.64. The number of nitrogens with one attached hydrogen (secondary N) is 1. The van der Waals surface area contributed by atoms with E-state index in [4.69, 9.17) is 0 Å². The van der Waals surface area contributed by atoms with E-state index in [-0.39, 0.29) is 0 Å². The van der Waals surface area contributed by atoms with E-state index in [1.165, 1.54) is 0 Å². The second-order valence-electron chi connectivity index (χ2n) is 5.87. The highest BCUT2D eigenvalue weighted by Crippen LogP contribution is 2.68. The Morgan fingerprint density at radius 3 is 2.19 bits per heavy atom. The summed E-state index contributed by atoms with van der Waals surface area (Å²) in [4.78, 5) is 8.53. The van der Waals surface area contributed by atoms with Gasteiger partial charge >= 0.3 is 0 Å². The number of hydrogen-bond acceptors (Lipinski definition) is 3. The molecule has 1 aliphatic carbocycles. The Kier molecular flexibility index (Phi) is 2.44. The van der Waals surface area contributed by atoms with Crippen LogP contribution in [0.15, 0.2) is 12.4 Å². The maximum absolute atomic E-state index is 4.30. The highest BCUT2D eigenvalue weighted by atomic mass is 15.0. The van der Waals surface area contributed by atoms with Crippen molar-refractivity contribution >= 4 is 5.82 Å². The molecule has 3 heteroatoms. The van der Waals surface area contributed by atoms with Gasteiger partial charge in [-0.15, -0.1) is 0 Å². The molecule has 1 N–H and O–H groups in total. The summed E-state index contributed by atoms with van der Waals surface area (Å²) in [5.41, 5.74) is 1.82. The Hall–Kier alpha value is -1.12. The van der Waals surface area contributed by atoms with Crippen LogP contribution in [0.1, 0.15) is 33.4 Å². The first kappa shape index (κ1) is 11.4. The van der Waals surface area contributed by atoms with Gasteiger partial charge in [0, 0.05) is 18.9 Å². The van der Waals surface area contributed by atoms with Crippen molar-refractivity contribution in [3.8, 4) is 0 Å². The number of aromatic nitrogens is 2. The van der Waals surface area contributed by atoms with Crippen LogP contribution in [0.25, 0.3) is 0 Å². The van der Waals surface area contributed by atoms with E-state index in [9.17, 15) is 0 Å². The molecule has 0 aromatic carbocycles. The maximum Gasteiger partial charge on any atom is 0.147 e. The Balaban J connectivity index is 1.98. The molecule has 2 rings (SSSR count). The first-order valence-corrected chi connectivity index (χ1v) is 5.89. The van der Waals surface area contributed by atoms with Crippen molar-refractivity contribution in [2.24, 2.45) is 16.7 Å². The lowest BCUT2D eigenvalue weighted by Gasteiger charge is -2.08. The Morgan fingerprint density at radius 2 is 1.69 bits per heavy atom. The smallest absolute Gasteiger partial charge is 0.147 e. The third kappa shape index (κ3) is 1.58. The molecule has 0 aliphatic heterocycles. The summed E-state index contributed by atoms with van der Waals surface area (Å²) >= 11 is 0. The lowest BCUT2D eigenvalue weighted by atomic mass is 10.0. The van der Waals surface area contributed by atoms with Crippen LogP contribution in [0.4, 0.5) is 5.82 Å². The van der Waals surface area contributed by atoms with Gasteiger partial charge in [0.1, 0.15) is 5.82 Å². The summed E-state index contributed by atoms with van der Waals surface area (Å²) in [7, 11) is 0. The van der Waals surface area contributed by atoms with Crippen LogP contribution < -0.4 is 5.32 Å². The molecule has 3 nitrogen and oxygen atoms in total. The van der Waals surface area contributed by atoms with Crippen molar-refractivity contribution in [1.82, 2.24) is 9.97 Å². The number of rotatable bonds is 3. The fourth-order valence-electron chi connectivity index (χ4n) is 2.62. The van der Waals surface area contributed by atoms with Crippen LogP contribution in [0.2, 0.25) is 0 Å². The molecule has 1 fully saturated rings. The normalized spacial score (nSPS) is 21.8. The quantitative estimate of drug-likeness (QED) is 0.849. The molecule has 0 radical (unpaired) electrons. The largest absolute Gasteiger partial charge is 0.368 e. The number of aryl methyl sites for hydroxylation is 1. The molecule has 0 atom stereocenters. The molecular formula is C13H21N3. The topological polar surface area (TPSA) is 37.8 Å². The van der Waals surface area contributed by atoms with Gasteiger partial charge in [0.2, 0.25) is 0 Å². The Morgan fingerprint density at radius 1 is 1.12 bits per heavy atom. The van der Waals surface area contributed by atoms with E-state index >= 15 is 0 Å². The van der Waals surface area contributed by atoms with E-state index in [0.29, 0.717) is 16.7 Å². The second kappa shape index (κ2) is 3.44. The molecule has 1 aromatic rings. The predicted molar refractivity (Wildman–Crippen MR) is 66.3 cm³/mol. The standard InChI is InChI=1S/C13H21N3/c1-9-11(15-7-6-14-9)16-8-10-12(2,3)13(10,4)5/h6-7,10H,8H2,1-5H3,(H,15,16). The third-order valence-electron chi connectivity index (χ3n) is 4.67. The fourth-order valence-corrected chi connectivity index (χ4v) is 2.62. The van der Waals surface area contributed by atoms with Crippen molar-refractivity contribution in [3.63, 3.8) is 0 Å². The van der Waals surface area contributed by atoms with Crippen LogP contribution in [0.5, 0.6) is 0 Å². The van der Waals surface area contributed by atoms with Crippen molar-refractivity contribution in [3.05, 3.63) is 18.1 Å². The minimum atomic E-state index is 0.427. The third-order valence-corrected chi connectivity index (χ3v) is 4.67. The second-order valence-corrected chi connectivity index (χ2v) is 5.87. The molecule has 0 unspecified atom stereocenters. The average Bonchev–Trinajstić information content (AvgIpc) is 2.58. The molecular weight excluding hydrogens is 198 g/mol. The van der Waals surface area contributed by atoms with Crippen LogP contribution >= 0.6 is 0 Å². The zero-order chi connectivity index (χ0) is 12.0. The van der Waals surface area contributed by atoms with Gasteiger partial charge in [-0.2, -0.15) is 0 Å². The minimum absolute atomic E-state index is 0.427. The van der Waals surface area contributed by atoms with Crippen molar-refractivity contribution in [1.29, 1.82) is 0 Å². The van der Waals surface area contributed by atoms with E-state index in [1.807, 2.05) is 6.92 Å². The molecule has 1 saturated carbocycles. The zero-order valence-corrected chi connectivity index (χ0v) is 10.8. The van der Waals surface area contributed by atoms with Gasteiger partial charge in [0.25, 0.3) is 0 Å². The average molecular weight is 219 g/mol. The van der Waals surface area contributed by atoms with Gasteiger partial charge in [-0.25, -0.2) is 4.98 Å². The highest BCUT2D eigenvalue weighted by molar-refractivity contribution is 5.39. The molecule has 1 heterocycles. The number of hydrogen-bond donors (Lipinski definition) is 1. The van der Waals surface area contributed by atoms with Gasteiger partial charge in [-0.1, -0.05) is 27.7 Å². The summed E-state index contributed by atoms with van der Waals surface area (Å²) in [6.07, 6.45) is 3.46. The summed E-state index contributed by atoms with van der Waals surface area (Å²) in [5.74, 6) is 1.63. The van der Waals surface area contributed by atoms with Crippen LogP contribution in [-0.2, 0) is 0 Å². The lowest BCUT2D eigenvalue weighted by molar-refractivity contribution is 0.457. The predicted octanol–water partition coefficient (Wildman–Crippen LogP) is 2.88. The Labute approximate surface area is 97.7 Å². The van der Waals surface area contributed by atoms with Gasteiger partial charge in [-0.3, -0.25) is 4.98 Å². The van der Waals surface area contributed by atoms with E-state index in [2.05, 4.69) is 43.0 Å². The van der Waals surface area contributed by atoms with Crippen molar-refractivity contribution in [2.45, 2.75) is 34.6 Å². The van der Waals surface area contributed by atoms with E-state index in [0.717, 1.165) is 18.1 Å². The molecule has 16 heavy (non-hydrogen) atoms.